The Morgan fingerprint density at radius 2 is 0.817 bits per heavy atom. The van der Waals surface area contributed by atoms with Gasteiger partial charge in [-0.3, -0.25) is 28.8 Å². The Kier molecular flexibility index (Phi) is 15.5. The van der Waals surface area contributed by atoms with E-state index in [2.05, 4.69) is 41.7 Å². The summed E-state index contributed by atoms with van der Waals surface area (Å²) in [5, 5.41) is 27.6. The molecule has 2 unspecified atom stereocenters. The number of nitrogens with one attached hydrogen (secondary N) is 4. The number of hydrogen-bond donors (Lipinski definition) is 4. The van der Waals surface area contributed by atoms with E-state index in [4.69, 9.17) is 69.6 Å². The van der Waals surface area contributed by atoms with E-state index in [1.165, 1.54) is 84.9 Å². The second-order valence-electron chi connectivity index (χ2n) is 12.6. The zero-order chi connectivity index (χ0) is 43.7. The van der Waals surface area contributed by atoms with E-state index in [9.17, 15) is 28.8 Å². The van der Waals surface area contributed by atoms with Crippen molar-refractivity contribution in [2.24, 2.45) is 20.5 Å². The first-order chi connectivity index (χ1) is 28.4. The van der Waals surface area contributed by atoms with Crippen LogP contribution in [-0.2, 0) is 19.2 Å². The quantitative estimate of drug-likeness (QED) is 0.0630. The number of carbonyl (C=O) groups is 6. The minimum Gasteiger partial charge on any atom is -0.324 e. The smallest absolute Gasteiger partial charge is 0.258 e. The predicted octanol–water partition coefficient (Wildman–Crippen LogP) is 11.5. The second-order valence-corrected chi connectivity index (χ2v) is 15.1. The molecule has 5 rings (SSSR count). The maximum Gasteiger partial charge on any atom is 0.258 e. The van der Waals surface area contributed by atoms with Gasteiger partial charge in [-0.05, 0) is 111 Å². The Hall–Kier alpha value is -5.74. The molecule has 0 spiro atoms. The van der Waals surface area contributed by atoms with Crippen LogP contribution < -0.4 is 21.3 Å². The lowest BCUT2D eigenvalue weighted by atomic mass is 10.1. The molecular formula is C40H28Cl6N8O6. The van der Waals surface area contributed by atoms with E-state index >= 15 is 0 Å². The summed E-state index contributed by atoms with van der Waals surface area (Å²) in [6.45, 7) is 2.30. The average molecular weight is 929 g/mol. The molecule has 5 aromatic carbocycles. The van der Waals surface area contributed by atoms with Crippen molar-refractivity contribution in [3.05, 3.63) is 138 Å². The molecule has 5 aromatic rings. The number of benzene rings is 5. The van der Waals surface area contributed by atoms with Crippen molar-refractivity contribution in [2.45, 2.75) is 25.9 Å². The molecule has 4 N–H and O–H groups in total. The van der Waals surface area contributed by atoms with E-state index < -0.39 is 47.3 Å². The summed E-state index contributed by atoms with van der Waals surface area (Å²) >= 11 is 36.8. The van der Waals surface area contributed by atoms with Crippen LogP contribution in [0.2, 0.25) is 30.1 Å². The highest BCUT2D eigenvalue weighted by atomic mass is 35.5. The molecule has 0 fully saturated rings. The molecule has 20 heteroatoms. The molecule has 306 valence electrons. The van der Waals surface area contributed by atoms with Crippen molar-refractivity contribution in [3.8, 4) is 0 Å². The van der Waals surface area contributed by atoms with Crippen molar-refractivity contribution in [2.75, 3.05) is 21.3 Å². The zero-order valence-electron chi connectivity index (χ0n) is 30.9. The molecule has 0 saturated carbocycles. The van der Waals surface area contributed by atoms with Crippen molar-refractivity contribution < 1.29 is 28.8 Å². The lowest BCUT2D eigenvalue weighted by molar-refractivity contribution is -0.127. The molecule has 60 heavy (non-hydrogen) atoms. The minimum atomic E-state index is -1.58. The number of rotatable bonds is 14. The Morgan fingerprint density at radius 3 is 1.17 bits per heavy atom. The fraction of sp³-hybridized carbons (Fsp3) is 0.100. The first kappa shape index (κ1) is 45.3. The van der Waals surface area contributed by atoms with E-state index in [1.807, 2.05) is 0 Å². The number of amides is 4. The number of carbonyl (C=O) groups excluding carboxylic acids is 6. The first-order valence-electron chi connectivity index (χ1n) is 17.1. The van der Waals surface area contributed by atoms with Crippen LogP contribution in [0.25, 0.3) is 0 Å². The molecule has 0 saturated heterocycles. The molecular weight excluding hydrogens is 901 g/mol. The number of hydrogen-bond acceptors (Lipinski definition) is 10. The Morgan fingerprint density at radius 1 is 0.450 bits per heavy atom. The summed E-state index contributed by atoms with van der Waals surface area (Å²) in [6.07, 6.45) is 0. The van der Waals surface area contributed by atoms with Crippen LogP contribution in [-0.4, -0.2) is 47.3 Å². The van der Waals surface area contributed by atoms with E-state index in [1.54, 1.807) is 12.1 Å². The van der Waals surface area contributed by atoms with E-state index in [-0.39, 0.29) is 65.3 Å². The third-order valence-electron chi connectivity index (χ3n) is 7.91. The summed E-state index contributed by atoms with van der Waals surface area (Å²) in [5.74, 6) is -4.11. The first-order valence-corrected chi connectivity index (χ1v) is 19.4. The van der Waals surface area contributed by atoms with Gasteiger partial charge in [0.1, 0.15) is 0 Å². The van der Waals surface area contributed by atoms with Crippen molar-refractivity contribution >= 4 is 139 Å². The largest absolute Gasteiger partial charge is 0.324 e. The molecule has 0 aliphatic carbocycles. The zero-order valence-corrected chi connectivity index (χ0v) is 35.4. The van der Waals surface area contributed by atoms with Gasteiger partial charge < -0.3 is 21.3 Å². The molecule has 4 amide bonds. The molecule has 0 radical (unpaired) electrons. The third-order valence-corrected chi connectivity index (χ3v) is 9.47. The monoisotopic (exact) mass is 926 g/mol. The normalized spacial score (nSPS) is 12.1. The van der Waals surface area contributed by atoms with Gasteiger partial charge in [0.2, 0.25) is 12.1 Å². The second kappa shape index (κ2) is 20.5. The van der Waals surface area contributed by atoms with Gasteiger partial charge in [-0.1, -0.05) is 69.6 Å². The lowest BCUT2D eigenvalue weighted by Crippen LogP contribution is -2.32. The van der Waals surface area contributed by atoms with Crippen LogP contribution in [0.5, 0.6) is 0 Å². The SMILES string of the molecule is CC(=O)C(N=Nc1cc(Cl)cc(C(=O)Nc2cc(Cl)ccc2Cl)c1)C(=O)Nc1ccc(NC(=O)C(N=Nc2cc(Cl)cc(C(=O)Nc3cc(Cl)ccc3Cl)c2)C(C)=O)cc1. The van der Waals surface area contributed by atoms with Gasteiger partial charge in [0, 0.05) is 42.6 Å². The molecule has 0 aromatic heterocycles. The fourth-order valence-corrected chi connectivity index (χ4v) is 6.18. The number of halogens is 6. The average Bonchev–Trinajstić information content (AvgIpc) is 3.18. The molecule has 0 bridgehead atoms. The number of nitrogens with zero attached hydrogens (tertiary/aromatic N) is 4. The van der Waals surface area contributed by atoms with Crippen LogP contribution in [0.4, 0.5) is 34.1 Å². The van der Waals surface area contributed by atoms with Crippen LogP contribution in [0.3, 0.4) is 0 Å². The van der Waals surface area contributed by atoms with Gasteiger partial charge in [-0.15, -0.1) is 0 Å². The lowest BCUT2D eigenvalue weighted by Gasteiger charge is -2.12. The van der Waals surface area contributed by atoms with Crippen molar-refractivity contribution in [3.63, 3.8) is 0 Å². The van der Waals surface area contributed by atoms with Crippen molar-refractivity contribution in [1.29, 1.82) is 0 Å². The summed E-state index contributed by atoms with van der Waals surface area (Å²) < 4.78 is 0. The van der Waals surface area contributed by atoms with Crippen molar-refractivity contribution in [1.82, 2.24) is 0 Å². The third kappa shape index (κ3) is 12.6. The Labute approximate surface area is 371 Å². The highest BCUT2D eigenvalue weighted by molar-refractivity contribution is 6.37. The predicted molar refractivity (Wildman–Crippen MR) is 233 cm³/mol. The standard InChI is InChI=1S/C40H28Cl6N8O6/c1-19(55)35(53-51-29-13-21(11-25(43)15-29)37(57)49-33-17-23(41)3-9-31(33)45)39(59)47-27-5-7-28(8-6-27)48-40(60)36(20(2)56)54-52-30-14-22(12-26(44)16-30)38(58)50-34-18-24(42)4-10-32(34)46/h3-18,35-36H,1-2H3,(H,47,59)(H,48,60)(H,49,57)(H,50,58). The van der Waals surface area contributed by atoms with Gasteiger partial charge in [0.25, 0.3) is 23.6 Å². The summed E-state index contributed by atoms with van der Waals surface area (Å²) in [4.78, 5) is 77.0. The van der Waals surface area contributed by atoms with E-state index in [0.29, 0.717) is 10.0 Å². The summed E-state index contributed by atoms with van der Waals surface area (Å²) in [7, 11) is 0. The van der Waals surface area contributed by atoms with Gasteiger partial charge in [-0.25, -0.2) is 0 Å². The van der Waals surface area contributed by atoms with Gasteiger partial charge in [0.15, 0.2) is 11.6 Å². The highest BCUT2D eigenvalue weighted by Gasteiger charge is 2.25. The van der Waals surface area contributed by atoms with Gasteiger partial charge in [0.05, 0.1) is 32.8 Å². The maximum atomic E-state index is 13.1. The number of Topliss-reactive ketones (excluding diaryl/α,β-unsaturated/α-hetero) is 2. The number of ketones is 2. The van der Waals surface area contributed by atoms with Crippen LogP contribution >= 0.6 is 69.6 Å². The van der Waals surface area contributed by atoms with Crippen LogP contribution in [0.1, 0.15) is 34.6 Å². The molecule has 0 aliphatic heterocycles. The summed E-state index contributed by atoms with van der Waals surface area (Å²) in [5.41, 5.74) is 1.29. The molecule has 2 atom stereocenters. The Balaban J connectivity index is 1.21. The van der Waals surface area contributed by atoms with Gasteiger partial charge in [-0.2, -0.15) is 20.5 Å². The number of azo groups is 2. The minimum absolute atomic E-state index is 0.0767. The Bertz CT molecular complexity index is 2410. The van der Waals surface area contributed by atoms with Crippen LogP contribution in [0, 0.1) is 0 Å². The summed E-state index contributed by atoms with van der Waals surface area (Å²) in [6, 6.07) is 19.8. The molecule has 14 nitrogen and oxygen atoms in total. The molecule has 0 heterocycles. The maximum absolute atomic E-state index is 13.1. The number of anilines is 4. The van der Waals surface area contributed by atoms with Gasteiger partial charge >= 0.3 is 0 Å². The van der Waals surface area contributed by atoms with Crippen LogP contribution in [0.15, 0.2) is 118 Å². The highest BCUT2D eigenvalue weighted by Crippen LogP contribution is 2.30. The van der Waals surface area contributed by atoms with E-state index in [0.717, 1.165) is 13.8 Å². The fourth-order valence-electron chi connectivity index (χ4n) is 5.05. The molecule has 0 aliphatic rings. The topological polar surface area (TPSA) is 200 Å².